The smallest absolute Gasteiger partial charge is 0.282 e. The predicted octanol–water partition coefficient (Wildman–Crippen LogP) is 4.50. The zero-order valence-electron chi connectivity index (χ0n) is 16.5. The van der Waals surface area contributed by atoms with Crippen molar-refractivity contribution in [1.82, 2.24) is 9.88 Å². The minimum absolute atomic E-state index is 0. The Morgan fingerprint density at radius 2 is 1.97 bits per heavy atom. The van der Waals surface area contributed by atoms with Crippen LogP contribution in [0.4, 0.5) is 10.8 Å². The Kier molecular flexibility index (Phi) is 7.96. The lowest BCUT2D eigenvalue weighted by atomic mass is 10.1. The maximum absolute atomic E-state index is 13.3. The molecule has 0 N–H and O–H groups in total. The second-order valence-corrected chi connectivity index (χ2v) is 7.95. The first-order valence-electron chi connectivity index (χ1n) is 8.65. The van der Waals surface area contributed by atoms with Gasteiger partial charge in [-0.15, -0.1) is 12.4 Å². The van der Waals surface area contributed by atoms with Gasteiger partial charge >= 0.3 is 0 Å². The highest BCUT2D eigenvalue weighted by molar-refractivity contribution is 7.22. The second-order valence-electron chi connectivity index (χ2n) is 6.51. The molecule has 1 heterocycles. The lowest BCUT2D eigenvalue weighted by Crippen LogP contribution is -2.37. The SMILES string of the molecule is COc1ccc2sc(N(CCN(C)C)C(=O)c3cc(Cl)ccc3[N+](=O)[O-])nc2c1.Cl. The molecule has 3 rings (SSSR count). The van der Waals surface area contributed by atoms with E-state index in [4.69, 9.17) is 16.3 Å². The third-order valence-electron chi connectivity index (χ3n) is 4.22. The van der Waals surface area contributed by atoms with Crippen LogP contribution in [-0.2, 0) is 0 Å². The molecule has 0 fully saturated rings. The Morgan fingerprint density at radius 3 is 2.60 bits per heavy atom. The van der Waals surface area contributed by atoms with Gasteiger partial charge in [0.2, 0.25) is 0 Å². The standard InChI is InChI=1S/C19H19ClN4O4S.ClH/c1-22(2)8-9-23(18(25)14-10-12(20)4-6-16(14)24(26)27)19-21-15-11-13(28-3)5-7-17(15)29-19;/h4-7,10-11H,8-9H2,1-3H3;1H. The minimum atomic E-state index is -0.586. The van der Waals surface area contributed by atoms with E-state index in [-0.39, 0.29) is 28.7 Å². The Morgan fingerprint density at radius 1 is 1.23 bits per heavy atom. The van der Waals surface area contributed by atoms with Crippen molar-refractivity contribution < 1.29 is 14.5 Å². The van der Waals surface area contributed by atoms with E-state index >= 15 is 0 Å². The van der Waals surface area contributed by atoms with Crippen molar-refractivity contribution in [3.8, 4) is 5.75 Å². The number of fused-ring (bicyclic) bond motifs is 1. The van der Waals surface area contributed by atoms with E-state index in [0.29, 0.717) is 29.5 Å². The molecule has 1 aromatic heterocycles. The van der Waals surface area contributed by atoms with Crippen molar-refractivity contribution in [3.05, 3.63) is 57.1 Å². The molecule has 11 heteroatoms. The molecule has 0 bridgehead atoms. The van der Waals surface area contributed by atoms with Gasteiger partial charge in [-0.2, -0.15) is 0 Å². The van der Waals surface area contributed by atoms with Crippen molar-refractivity contribution in [2.24, 2.45) is 0 Å². The number of likely N-dealkylation sites (N-methyl/N-ethyl adjacent to an activating group) is 1. The molecular weight excluding hydrogens is 451 g/mol. The molecule has 160 valence electrons. The number of amides is 1. The lowest BCUT2D eigenvalue weighted by molar-refractivity contribution is -0.385. The molecule has 0 aliphatic carbocycles. The third-order valence-corrected chi connectivity index (χ3v) is 5.51. The molecule has 0 spiro atoms. The first-order chi connectivity index (χ1) is 13.8. The molecule has 0 radical (unpaired) electrons. The highest BCUT2D eigenvalue weighted by atomic mass is 35.5. The monoisotopic (exact) mass is 470 g/mol. The predicted molar refractivity (Wildman–Crippen MR) is 122 cm³/mol. The second kappa shape index (κ2) is 10.0. The van der Waals surface area contributed by atoms with Crippen molar-refractivity contribution in [2.75, 3.05) is 39.2 Å². The van der Waals surface area contributed by atoms with Gasteiger partial charge in [0.05, 0.1) is 22.2 Å². The van der Waals surface area contributed by atoms with E-state index in [0.717, 1.165) is 4.70 Å². The Labute approximate surface area is 188 Å². The van der Waals surface area contributed by atoms with E-state index in [2.05, 4.69) is 4.98 Å². The number of rotatable bonds is 7. The minimum Gasteiger partial charge on any atom is -0.497 e. The Bertz CT molecular complexity index is 1070. The maximum Gasteiger partial charge on any atom is 0.282 e. The summed E-state index contributed by atoms with van der Waals surface area (Å²) in [6.07, 6.45) is 0. The van der Waals surface area contributed by atoms with E-state index in [1.54, 1.807) is 13.2 Å². The molecule has 3 aromatic rings. The number of methoxy groups -OCH3 is 1. The van der Waals surface area contributed by atoms with Crippen LogP contribution in [-0.4, -0.2) is 55.0 Å². The molecular formula is C19H20Cl2N4O4S. The van der Waals surface area contributed by atoms with Gasteiger partial charge in [0.1, 0.15) is 11.3 Å². The number of anilines is 1. The molecule has 0 atom stereocenters. The van der Waals surface area contributed by atoms with Gasteiger partial charge in [-0.25, -0.2) is 4.98 Å². The van der Waals surface area contributed by atoms with Crippen LogP contribution < -0.4 is 9.64 Å². The molecule has 0 saturated heterocycles. The third kappa shape index (κ3) is 5.17. The van der Waals surface area contributed by atoms with Crippen molar-refractivity contribution >= 4 is 62.3 Å². The normalized spacial score (nSPS) is 10.7. The summed E-state index contributed by atoms with van der Waals surface area (Å²) in [5.41, 5.74) is 0.322. The van der Waals surface area contributed by atoms with Crippen LogP contribution in [0.25, 0.3) is 10.2 Å². The average Bonchev–Trinajstić information content (AvgIpc) is 3.10. The Hall–Kier alpha value is -2.46. The van der Waals surface area contributed by atoms with E-state index in [9.17, 15) is 14.9 Å². The number of nitro groups is 1. The number of benzene rings is 2. The fourth-order valence-corrected chi connectivity index (χ4v) is 3.85. The summed E-state index contributed by atoms with van der Waals surface area (Å²) in [4.78, 5) is 32.1. The van der Waals surface area contributed by atoms with Gasteiger partial charge in [0.25, 0.3) is 11.6 Å². The molecule has 8 nitrogen and oxygen atoms in total. The average molecular weight is 471 g/mol. The number of carbonyl (C=O) groups is 1. The maximum atomic E-state index is 13.3. The summed E-state index contributed by atoms with van der Waals surface area (Å²) in [7, 11) is 5.33. The van der Waals surface area contributed by atoms with Gasteiger partial charge in [-0.1, -0.05) is 22.9 Å². The van der Waals surface area contributed by atoms with E-state index < -0.39 is 10.8 Å². The first kappa shape index (κ1) is 23.8. The zero-order chi connectivity index (χ0) is 21.1. The van der Waals surface area contributed by atoms with Crippen LogP contribution in [0.2, 0.25) is 5.02 Å². The number of nitro benzene ring substituents is 1. The van der Waals surface area contributed by atoms with Gasteiger partial charge in [0, 0.05) is 30.2 Å². The largest absolute Gasteiger partial charge is 0.497 e. The zero-order valence-corrected chi connectivity index (χ0v) is 18.9. The van der Waals surface area contributed by atoms with Crippen LogP contribution in [0.1, 0.15) is 10.4 Å². The number of thiazole rings is 1. The fourth-order valence-electron chi connectivity index (χ4n) is 2.71. The molecule has 2 aromatic carbocycles. The van der Waals surface area contributed by atoms with Gasteiger partial charge in [-0.3, -0.25) is 19.8 Å². The highest BCUT2D eigenvalue weighted by Crippen LogP contribution is 2.33. The first-order valence-corrected chi connectivity index (χ1v) is 9.84. The van der Waals surface area contributed by atoms with Crippen LogP contribution in [0.3, 0.4) is 0 Å². The topological polar surface area (TPSA) is 88.8 Å². The Balaban J connectivity index is 0.00000320. The van der Waals surface area contributed by atoms with Crippen LogP contribution in [0.15, 0.2) is 36.4 Å². The van der Waals surface area contributed by atoms with Crippen molar-refractivity contribution in [3.63, 3.8) is 0 Å². The summed E-state index contributed by atoms with van der Waals surface area (Å²) in [5, 5.41) is 12.1. The molecule has 0 unspecified atom stereocenters. The summed E-state index contributed by atoms with van der Waals surface area (Å²) in [6.45, 7) is 0.867. The van der Waals surface area contributed by atoms with Gasteiger partial charge in [-0.05, 0) is 38.4 Å². The van der Waals surface area contributed by atoms with Crippen LogP contribution in [0, 0.1) is 10.1 Å². The van der Waals surface area contributed by atoms with Crippen molar-refractivity contribution in [2.45, 2.75) is 0 Å². The number of carbonyl (C=O) groups excluding carboxylic acids is 1. The summed E-state index contributed by atoms with van der Waals surface area (Å²) in [6, 6.07) is 9.42. The molecule has 0 saturated carbocycles. The molecule has 0 aliphatic heterocycles. The fraction of sp³-hybridized carbons (Fsp3) is 0.263. The number of nitrogens with zero attached hydrogens (tertiary/aromatic N) is 4. The van der Waals surface area contributed by atoms with Crippen molar-refractivity contribution in [1.29, 1.82) is 0 Å². The quantitative estimate of drug-likeness (QED) is 0.373. The summed E-state index contributed by atoms with van der Waals surface area (Å²) in [5.74, 6) is 0.137. The summed E-state index contributed by atoms with van der Waals surface area (Å²) < 4.78 is 6.11. The van der Waals surface area contributed by atoms with E-state index in [1.807, 2.05) is 31.1 Å². The van der Waals surface area contributed by atoms with Gasteiger partial charge < -0.3 is 9.64 Å². The molecule has 0 aliphatic rings. The number of hydrogen-bond acceptors (Lipinski definition) is 7. The lowest BCUT2D eigenvalue weighted by Gasteiger charge is -2.22. The molecule has 1 amide bonds. The number of halogens is 2. The van der Waals surface area contributed by atoms with E-state index in [1.165, 1.54) is 34.4 Å². The van der Waals surface area contributed by atoms with Crippen LogP contribution in [0.5, 0.6) is 5.75 Å². The summed E-state index contributed by atoms with van der Waals surface area (Å²) >= 11 is 7.35. The molecule has 30 heavy (non-hydrogen) atoms. The number of hydrogen-bond donors (Lipinski definition) is 0. The number of aromatic nitrogens is 1. The van der Waals surface area contributed by atoms with Gasteiger partial charge in [0.15, 0.2) is 5.13 Å². The van der Waals surface area contributed by atoms with Crippen LogP contribution >= 0.6 is 35.3 Å². The highest BCUT2D eigenvalue weighted by Gasteiger charge is 2.28. The number of ether oxygens (including phenoxy) is 1.